The maximum Gasteiger partial charge on any atom is 0.277 e. The summed E-state index contributed by atoms with van der Waals surface area (Å²) in [5.41, 5.74) is 0.520. The van der Waals surface area contributed by atoms with Crippen LogP contribution in [0, 0.1) is 0 Å². The first-order valence-corrected chi connectivity index (χ1v) is 7.32. The molecule has 106 valence electrons. The second-order valence-corrected chi connectivity index (χ2v) is 5.61. The van der Waals surface area contributed by atoms with Gasteiger partial charge in [-0.3, -0.25) is 18.9 Å². The van der Waals surface area contributed by atoms with Crippen molar-refractivity contribution < 1.29 is 4.79 Å². The molecule has 7 heteroatoms. The Morgan fingerprint density at radius 1 is 1.33 bits per heavy atom. The van der Waals surface area contributed by atoms with Crippen molar-refractivity contribution in [1.29, 1.82) is 0 Å². The van der Waals surface area contributed by atoms with Crippen LogP contribution in [0.4, 0.5) is 0 Å². The van der Waals surface area contributed by atoms with E-state index in [-0.39, 0.29) is 15.8 Å². The highest BCUT2D eigenvalue weighted by atomic mass is 35.5. The number of carbonyl (C=O) groups is 1. The molecule has 0 aliphatic carbocycles. The Morgan fingerprint density at radius 2 is 2.19 bits per heavy atom. The molecule has 0 atom stereocenters. The molecule has 2 heterocycles. The van der Waals surface area contributed by atoms with Gasteiger partial charge in [0.15, 0.2) is 0 Å². The summed E-state index contributed by atoms with van der Waals surface area (Å²) >= 11 is 6.69. The summed E-state index contributed by atoms with van der Waals surface area (Å²) in [6.45, 7) is 0.361. The molecule has 1 amide bonds. The Bertz CT molecular complexity index is 872. The molecule has 0 fully saturated rings. The van der Waals surface area contributed by atoms with Gasteiger partial charge in [0, 0.05) is 24.3 Å². The van der Waals surface area contributed by atoms with Crippen molar-refractivity contribution in [2.75, 3.05) is 0 Å². The molecule has 3 rings (SSSR count). The van der Waals surface area contributed by atoms with E-state index in [4.69, 9.17) is 11.6 Å². The molecule has 5 nitrogen and oxygen atoms in total. The Hall–Kier alpha value is -2.18. The third-order valence-corrected chi connectivity index (χ3v) is 4.36. The average molecular weight is 320 g/mol. The van der Waals surface area contributed by atoms with Gasteiger partial charge in [-0.25, -0.2) is 0 Å². The third-order valence-electron chi connectivity index (χ3n) is 3.01. The number of benzene rings is 1. The molecule has 21 heavy (non-hydrogen) atoms. The predicted molar refractivity (Wildman–Crippen MR) is 82.9 cm³/mol. The number of carbonyl (C=O) groups excluding carboxylic acids is 1. The summed E-state index contributed by atoms with van der Waals surface area (Å²) in [4.78, 5) is 27.4. The number of pyridine rings is 1. The van der Waals surface area contributed by atoms with Gasteiger partial charge in [-0.05, 0) is 23.1 Å². The number of nitrogens with one attached hydrogen (secondary N) is 2. The van der Waals surface area contributed by atoms with Crippen molar-refractivity contribution in [2.24, 2.45) is 0 Å². The van der Waals surface area contributed by atoms with Crippen LogP contribution in [0.1, 0.15) is 15.2 Å². The lowest BCUT2D eigenvalue weighted by molar-refractivity contribution is 0.0955. The van der Waals surface area contributed by atoms with E-state index in [0.29, 0.717) is 6.54 Å². The fraction of sp³-hybridized carbons (Fsp3) is 0.0714. The van der Waals surface area contributed by atoms with Crippen LogP contribution in [-0.2, 0) is 6.54 Å². The van der Waals surface area contributed by atoms with Crippen LogP contribution in [-0.4, -0.2) is 15.3 Å². The molecule has 0 saturated heterocycles. The largest absolute Gasteiger partial charge is 0.347 e. The van der Waals surface area contributed by atoms with Gasteiger partial charge in [-0.15, -0.1) is 0 Å². The zero-order valence-electron chi connectivity index (χ0n) is 10.7. The van der Waals surface area contributed by atoms with Crippen LogP contribution >= 0.6 is 23.1 Å². The van der Waals surface area contributed by atoms with Gasteiger partial charge in [0.25, 0.3) is 11.5 Å². The van der Waals surface area contributed by atoms with Crippen LogP contribution in [0.3, 0.4) is 0 Å². The molecule has 0 radical (unpaired) electrons. The van der Waals surface area contributed by atoms with Gasteiger partial charge >= 0.3 is 0 Å². The third kappa shape index (κ3) is 2.81. The summed E-state index contributed by atoms with van der Waals surface area (Å²) in [6, 6.07) is 7.77. The van der Waals surface area contributed by atoms with Crippen molar-refractivity contribution in [2.45, 2.75) is 6.54 Å². The number of H-pyrrole nitrogens is 1. The topological polar surface area (TPSA) is 74.8 Å². The fourth-order valence-electron chi connectivity index (χ4n) is 1.94. The molecule has 2 N–H and O–H groups in total. The van der Waals surface area contributed by atoms with E-state index in [1.165, 1.54) is 0 Å². The van der Waals surface area contributed by atoms with Gasteiger partial charge < -0.3 is 5.32 Å². The molecular formula is C14H10ClN3O2S. The average Bonchev–Trinajstić information content (AvgIpc) is 2.84. The number of nitrogens with zero attached hydrogens (tertiary/aromatic N) is 1. The number of aromatic amines is 1. The van der Waals surface area contributed by atoms with E-state index in [2.05, 4.69) is 14.7 Å². The maximum absolute atomic E-state index is 12.0. The highest BCUT2D eigenvalue weighted by Crippen LogP contribution is 2.16. The standard InChI is InChI=1S/C14H10ClN3O2S/c15-11-12(21-18-13(11)19)14(20)17-6-8-1-2-10-7-16-4-3-9(10)5-8/h1-5,7H,6H2,(H,17,20)(H,18,19). The normalized spacial score (nSPS) is 10.7. The zero-order chi connectivity index (χ0) is 14.8. The lowest BCUT2D eigenvalue weighted by Gasteiger charge is -2.05. The van der Waals surface area contributed by atoms with Gasteiger partial charge in [0.2, 0.25) is 0 Å². The van der Waals surface area contributed by atoms with Crippen molar-refractivity contribution >= 4 is 39.8 Å². The van der Waals surface area contributed by atoms with Crippen LogP contribution in [0.25, 0.3) is 10.8 Å². The highest BCUT2D eigenvalue weighted by molar-refractivity contribution is 7.08. The van der Waals surface area contributed by atoms with Crippen LogP contribution in [0.5, 0.6) is 0 Å². The van der Waals surface area contributed by atoms with E-state index < -0.39 is 5.56 Å². The Labute approximate surface area is 128 Å². The number of fused-ring (bicyclic) bond motifs is 1. The Kier molecular flexibility index (Phi) is 3.72. The van der Waals surface area contributed by atoms with Gasteiger partial charge in [-0.2, -0.15) is 0 Å². The predicted octanol–water partition coefficient (Wildman–Crippen LogP) is 2.57. The number of hydrogen-bond acceptors (Lipinski definition) is 4. The fourth-order valence-corrected chi connectivity index (χ4v) is 2.89. The zero-order valence-corrected chi connectivity index (χ0v) is 12.3. The lowest BCUT2D eigenvalue weighted by atomic mass is 10.1. The number of halogens is 1. The number of rotatable bonds is 3. The van der Waals surface area contributed by atoms with Gasteiger partial charge in [0.1, 0.15) is 9.90 Å². The molecule has 0 unspecified atom stereocenters. The van der Waals surface area contributed by atoms with E-state index in [9.17, 15) is 9.59 Å². The second kappa shape index (κ2) is 5.67. The summed E-state index contributed by atoms with van der Waals surface area (Å²) < 4.78 is 2.43. The minimum atomic E-state index is -0.440. The molecule has 0 saturated carbocycles. The number of aromatic nitrogens is 2. The highest BCUT2D eigenvalue weighted by Gasteiger charge is 2.15. The van der Waals surface area contributed by atoms with Crippen molar-refractivity contribution in [3.8, 4) is 0 Å². The quantitative estimate of drug-likeness (QED) is 0.779. The minimum absolute atomic E-state index is 0.0675. The van der Waals surface area contributed by atoms with Crippen LogP contribution in [0.2, 0.25) is 5.02 Å². The second-order valence-electron chi connectivity index (χ2n) is 4.42. The molecular weight excluding hydrogens is 310 g/mol. The van der Waals surface area contributed by atoms with Gasteiger partial charge in [-0.1, -0.05) is 35.3 Å². The minimum Gasteiger partial charge on any atom is -0.347 e. The summed E-state index contributed by atoms with van der Waals surface area (Å²) in [6.07, 6.45) is 3.51. The monoisotopic (exact) mass is 319 g/mol. The molecule has 0 aliphatic heterocycles. The summed E-state index contributed by atoms with van der Waals surface area (Å²) in [5, 5.41) is 4.78. The lowest BCUT2D eigenvalue weighted by Crippen LogP contribution is -2.22. The number of amides is 1. The van der Waals surface area contributed by atoms with Crippen LogP contribution in [0.15, 0.2) is 41.5 Å². The first kappa shape index (κ1) is 13.8. The van der Waals surface area contributed by atoms with E-state index in [0.717, 1.165) is 27.9 Å². The maximum atomic E-state index is 12.0. The van der Waals surface area contributed by atoms with Crippen LogP contribution < -0.4 is 10.9 Å². The molecule has 3 aromatic rings. The Balaban J connectivity index is 1.75. The summed E-state index contributed by atoms with van der Waals surface area (Å²) in [7, 11) is 0. The number of hydrogen-bond donors (Lipinski definition) is 2. The van der Waals surface area contributed by atoms with Crippen molar-refractivity contribution in [3.63, 3.8) is 0 Å². The molecule has 0 spiro atoms. The SMILES string of the molecule is O=C(NCc1ccc2cnccc2c1)c1s[nH]c(=O)c1Cl. The van der Waals surface area contributed by atoms with E-state index in [1.807, 2.05) is 24.3 Å². The molecule has 2 aromatic heterocycles. The molecule has 1 aromatic carbocycles. The molecule has 0 aliphatic rings. The van der Waals surface area contributed by atoms with E-state index >= 15 is 0 Å². The smallest absolute Gasteiger partial charge is 0.277 e. The van der Waals surface area contributed by atoms with E-state index in [1.54, 1.807) is 12.4 Å². The van der Waals surface area contributed by atoms with Crippen molar-refractivity contribution in [1.82, 2.24) is 14.7 Å². The first-order valence-electron chi connectivity index (χ1n) is 6.13. The molecule has 0 bridgehead atoms. The van der Waals surface area contributed by atoms with Crippen molar-refractivity contribution in [3.05, 3.63) is 62.5 Å². The summed E-state index contributed by atoms with van der Waals surface area (Å²) in [5.74, 6) is -0.363. The first-order chi connectivity index (χ1) is 10.1. The van der Waals surface area contributed by atoms with Gasteiger partial charge in [0.05, 0.1) is 0 Å². The Morgan fingerprint density at radius 3 is 2.95 bits per heavy atom.